The van der Waals surface area contributed by atoms with E-state index in [2.05, 4.69) is 20.9 Å². The number of nitrogens with one attached hydrogen (secondary N) is 2. The van der Waals surface area contributed by atoms with Crippen molar-refractivity contribution in [2.45, 2.75) is 25.8 Å². The number of hydrogen-bond donors (Lipinski definition) is 2. The molecule has 7 nitrogen and oxygen atoms in total. The van der Waals surface area contributed by atoms with Crippen LogP contribution in [0.1, 0.15) is 35.1 Å². The van der Waals surface area contributed by atoms with Crippen molar-refractivity contribution in [1.29, 1.82) is 0 Å². The minimum Gasteiger partial charge on any atom is -0.494 e. The molecule has 1 aliphatic rings. The van der Waals surface area contributed by atoms with Gasteiger partial charge in [0.05, 0.1) is 24.5 Å². The number of nitrogens with zero attached hydrogens (tertiary/aromatic N) is 3. The average Bonchev–Trinajstić information content (AvgIpc) is 3.00. The Morgan fingerprint density at radius 2 is 2.04 bits per heavy atom. The summed E-state index contributed by atoms with van der Waals surface area (Å²) in [6.45, 7) is 3.49. The van der Waals surface area contributed by atoms with Gasteiger partial charge in [-0.3, -0.25) is 4.79 Å². The first kappa shape index (κ1) is 17.3. The van der Waals surface area contributed by atoms with Crippen LogP contribution in [0.5, 0.6) is 5.75 Å². The minimum atomic E-state index is -0.796. The van der Waals surface area contributed by atoms with E-state index in [1.165, 1.54) is 7.11 Å². The molecule has 0 radical (unpaired) electrons. The van der Waals surface area contributed by atoms with E-state index < -0.39 is 17.5 Å². The first-order valence-corrected chi connectivity index (χ1v) is 7.98. The SMILES string of the molecule is COc1cc(F)c(NC(=O)c2nnn(C3CCNCC3)c2C)cc1F. The zero-order valence-corrected chi connectivity index (χ0v) is 14.0. The van der Waals surface area contributed by atoms with Crippen LogP contribution in [0.2, 0.25) is 0 Å². The lowest BCUT2D eigenvalue weighted by atomic mass is 10.1. The molecule has 0 atom stereocenters. The Kier molecular flexibility index (Phi) is 4.93. The predicted octanol–water partition coefficient (Wildman–Crippen LogP) is 2.05. The molecule has 9 heteroatoms. The number of methoxy groups -OCH3 is 1. The van der Waals surface area contributed by atoms with Crippen molar-refractivity contribution in [2.24, 2.45) is 0 Å². The lowest BCUT2D eigenvalue weighted by molar-refractivity contribution is 0.102. The highest BCUT2D eigenvalue weighted by atomic mass is 19.1. The molecule has 1 fully saturated rings. The molecule has 0 spiro atoms. The zero-order valence-electron chi connectivity index (χ0n) is 14.0. The first-order chi connectivity index (χ1) is 12.0. The molecule has 1 aromatic carbocycles. The van der Waals surface area contributed by atoms with Gasteiger partial charge in [0.25, 0.3) is 5.91 Å². The highest BCUT2D eigenvalue weighted by Gasteiger charge is 2.23. The van der Waals surface area contributed by atoms with Gasteiger partial charge in [0, 0.05) is 12.1 Å². The van der Waals surface area contributed by atoms with Gasteiger partial charge in [-0.15, -0.1) is 5.10 Å². The molecule has 2 aromatic rings. The van der Waals surface area contributed by atoms with E-state index in [9.17, 15) is 13.6 Å². The van der Waals surface area contributed by atoms with Gasteiger partial charge in [0.1, 0.15) is 0 Å². The zero-order chi connectivity index (χ0) is 18.0. The second-order valence-corrected chi connectivity index (χ2v) is 5.87. The van der Waals surface area contributed by atoms with Gasteiger partial charge in [-0.05, 0) is 32.9 Å². The molecule has 1 amide bonds. The van der Waals surface area contributed by atoms with Crippen LogP contribution in [0.25, 0.3) is 0 Å². The summed E-state index contributed by atoms with van der Waals surface area (Å²) in [6.07, 6.45) is 1.78. The summed E-state index contributed by atoms with van der Waals surface area (Å²) < 4.78 is 34.1. The summed E-state index contributed by atoms with van der Waals surface area (Å²) in [7, 11) is 1.23. The third-order valence-corrected chi connectivity index (χ3v) is 4.29. The van der Waals surface area contributed by atoms with E-state index in [1.54, 1.807) is 11.6 Å². The number of halogens is 2. The molecule has 1 aromatic heterocycles. The van der Waals surface area contributed by atoms with Crippen LogP contribution in [0, 0.1) is 18.6 Å². The maximum absolute atomic E-state index is 14.0. The van der Waals surface area contributed by atoms with E-state index in [1.807, 2.05) is 0 Å². The van der Waals surface area contributed by atoms with Gasteiger partial charge in [-0.25, -0.2) is 13.5 Å². The average molecular weight is 351 g/mol. The Bertz CT molecular complexity index is 787. The number of ether oxygens (including phenoxy) is 1. The summed E-state index contributed by atoms with van der Waals surface area (Å²) >= 11 is 0. The van der Waals surface area contributed by atoms with Crippen LogP contribution in [0.15, 0.2) is 12.1 Å². The normalized spacial score (nSPS) is 15.2. The van der Waals surface area contributed by atoms with Gasteiger partial charge in [0.15, 0.2) is 23.1 Å². The first-order valence-electron chi connectivity index (χ1n) is 7.98. The molecule has 25 heavy (non-hydrogen) atoms. The van der Waals surface area contributed by atoms with Crippen molar-refractivity contribution < 1.29 is 18.3 Å². The van der Waals surface area contributed by atoms with E-state index in [-0.39, 0.29) is 23.2 Å². The second-order valence-electron chi connectivity index (χ2n) is 5.87. The molecular weight excluding hydrogens is 332 g/mol. The van der Waals surface area contributed by atoms with Crippen molar-refractivity contribution in [3.8, 4) is 5.75 Å². The molecule has 2 heterocycles. The minimum absolute atomic E-state index is 0.0918. The van der Waals surface area contributed by atoms with Crippen molar-refractivity contribution in [2.75, 3.05) is 25.5 Å². The second kappa shape index (κ2) is 7.14. The standard InChI is InChI=1S/C16H19F2N5O2/c1-9-15(21-22-23(9)10-3-5-19-6-4-10)16(24)20-13-7-12(18)14(25-2)8-11(13)17/h7-8,10,19H,3-6H2,1-2H3,(H,20,24). The van der Waals surface area contributed by atoms with Crippen LogP contribution >= 0.6 is 0 Å². The Hall–Kier alpha value is -2.55. The highest BCUT2D eigenvalue weighted by Crippen LogP contribution is 2.25. The monoisotopic (exact) mass is 351 g/mol. The lowest BCUT2D eigenvalue weighted by Crippen LogP contribution is -2.30. The summed E-state index contributed by atoms with van der Waals surface area (Å²) in [4.78, 5) is 12.4. The van der Waals surface area contributed by atoms with Crippen LogP contribution in [-0.2, 0) is 0 Å². The number of anilines is 1. The Morgan fingerprint density at radius 3 is 2.72 bits per heavy atom. The fourth-order valence-electron chi connectivity index (χ4n) is 2.91. The maximum Gasteiger partial charge on any atom is 0.278 e. The van der Waals surface area contributed by atoms with E-state index in [0.29, 0.717) is 5.69 Å². The van der Waals surface area contributed by atoms with E-state index in [0.717, 1.165) is 38.1 Å². The summed E-state index contributed by atoms with van der Waals surface area (Å²) in [5, 5.41) is 13.6. The van der Waals surface area contributed by atoms with Gasteiger partial charge in [-0.1, -0.05) is 5.21 Å². The lowest BCUT2D eigenvalue weighted by Gasteiger charge is -2.23. The van der Waals surface area contributed by atoms with E-state index >= 15 is 0 Å². The Morgan fingerprint density at radius 1 is 1.32 bits per heavy atom. The summed E-state index contributed by atoms with van der Waals surface area (Å²) in [6, 6.07) is 1.92. The number of carbonyl (C=O) groups excluding carboxylic acids is 1. The van der Waals surface area contributed by atoms with Crippen LogP contribution in [-0.4, -0.2) is 41.1 Å². The van der Waals surface area contributed by atoms with Gasteiger partial charge >= 0.3 is 0 Å². The van der Waals surface area contributed by atoms with Crippen molar-refractivity contribution >= 4 is 11.6 Å². The molecule has 3 rings (SSSR count). The van der Waals surface area contributed by atoms with Crippen LogP contribution < -0.4 is 15.4 Å². The van der Waals surface area contributed by atoms with Gasteiger partial charge < -0.3 is 15.4 Å². The highest BCUT2D eigenvalue weighted by molar-refractivity contribution is 6.03. The molecule has 0 unspecified atom stereocenters. The fourth-order valence-corrected chi connectivity index (χ4v) is 2.91. The molecular formula is C16H19F2N5O2. The van der Waals surface area contributed by atoms with Crippen molar-refractivity contribution in [3.63, 3.8) is 0 Å². The smallest absolute Gasteiger partial charge is 0.278 e. The van der Waals surface area contributed by atoms with Crippen LogP contribution in [0.4, 0.5) is 14.5 Å². The number of rotatable bonds is 4. The molecule has 0 aliphatic carbocycles. The predicted molar refractivity (Wildman–Crippen MR) is 86.8 cm³/mol. The fraction of sp³-hybridized carbons (Fsp3) is 0.438. The number of hydrogen-bond acceptors (Lipinski definition) is 5. The molecule has 0 bridgehead atoms. The van der Waals surface area contributed by atoms with E-state index in [4.69, 9.17) is 4.74 Å². The molecule has 134 valence electrons. The Labute approximate surface area is 143 Å². The molecule has 2 N–H and O–H groups in total. The van der Waals surface area contributed by atoms with Crippen molar-refractivity contribution in [1.82, 2.24) is 20.3 Å². The molecule has 0 saturated carbocycles. The quantitative estimate of drug-likeness (QED) is 0.881. The van der Waals surface area contributed by atoms with Crippen LogP contribution in [0.3, 0.4) is 0 Å². The topological polar surface area (TPSA) is 81.1 Å². The third kappa shape index (κ3) is 3.46. The molecule has 1 aliphatic heterocycles. The van der Waals surface area contributed by atoms with Gasteiger partial charge in [0.2, 0.25) is 0 Å². The summed E-state index contributed by atoms with van der Waals surface area (Å²) in [5.74, 6) is -2.44. The Balaban J connectivity index is 1.80. The van der Waals surface area contributed by atoms with Gasteiger partial charge in [-0.2, -0.15) is 0 Å². The van der Waals surface area contributed by atoms with Crippen molar-refractivity contribution in [3.05, 3.63) is 35.2 Å². The number of aromatic nitrogens is 3. The number of carbonyl (C=O) groups is 1. The largest absolute Gasteiger partial charge is 0.494 e. The number of amides is 1. The third-order valence-electron chi connectivity index (χ3n) is 4.29. The summed E-state index contributed by atoms with van der Waals surface area (Å²) in [5.41, 5.74) is 0.409. The number of piperidine rings is 1. The number of benzene rings is 1. The molecule has 1 saturated heterocycles. The maximum atomic E-state index is 14.0.